The third-order valence-electron chi connectivity index (χ3n) is 4.05. The van der Waals surface area contributed by atoms with Gasteiger partial charge in [0.1, 0.15) is 16.5 Å². The molecule has 0 aliphatic rings. The molecule has 0 spiro atoms. The topological polar surface area (TPSA) is 96.3 Å². The van der Waals surface area contributed by atoms with E-state index in [0.29, 0.717) is 19.7 Å². The monoisotopic (exact) mass is 594 g/mol. The average Bonchev–Trinajstić information content (AvgIpc) is 2.76. The van der Waals surface area contributed by atoms with E-state index in [0.717, 1.165) is 0 Å². The molecule has 3 aromatic rings. The van der Waals surface area contributed by atoms with Crippen molar-refractivity contribution in [3.8, 4) is 11.8 Å². The van der Waals surface area contributed by atoms with E-state index in [1.807, 2.05) is 6.07 Å². The Kier molecular flexibility index (Phi) is 7.74. The van der Waals surface area contributed by atoms with E-state index in [4.69, 9.17) is 15.8 Å². The van der Waals surface area contributed by atoms with Gasteiger partial charge in [0.05, 0.1) is 15.2 Å². The average molecular weight is 597 g/mol. The van der Waals surface area contributed by atoms with Crippen LogP contribution >= 0.6 is 43.5 Å². The van der Waals surface area contributed by atoms with Crippen LogP contribution in [0.15, 0.2) is 86.1 Å². The van der Waals surface area contributed by atoms with Crippen molar-refractivity contribution in [2.75, 3.05) is 5.32 Å². The third-order valence-corrected chi connectivity index (χ3v) is 6.66. The maximum Gasteiger partial charge on any atom is 0.339 e. The van der Waals surface area contributed by atoms with Gasteiger partial charge in [-0.05, 0) is 58.4 Å². The van der Waals surface area contributed by atoms with Gasteiger partial charge in [-0.3, -0.25) is 4.79 Å². The normalized spacial score (nSPS) is 11.5. The van der Waals surface area contributed by atoms with E-state index in [9.17, 15) is 18.5 Å². The van der Waals surface area contributed by atoms with Crippen molar-refractivity contribution in [2.24, 2.45) is 0 Å². The predicted octanol–water partition coefficient (Wildman–Crippen LogP) is 6.18. The summed E-state index contributed by atoms with van der Waals surface area (Å²) in [5.41, 5.74) is 0.243. The molecule has 0 radical (unpaired) electrons. The predicted molar refractivity (Wildman–Crippen MR) is 130 cm³/mol. The van der Waals surface area contributed by atoms with Gasteiger partial charge in [0, 0.05) is 10.0 Å². The first kappa shape index (κ1) is 24.0. The number of nitrogens with one attached hydrogen (secondary N) is 1. The Bertz CT molecular complexity index is 1350. The molecule has 3 rings (SSSR count). The highest BCUT2D eigenvalue weighted by Gasteiger charge is 2.21. The fourth-order valence-electron chi connectivity index (χ4n) is 2.58. The lowest BCUT2D eigenvalue weighted by Gasteiger charge is -2.13. The van der Waals surface area contributed by atoms with Crippen LogP contribution in [0.5, 0.6) is 5.75 Å². The lowest BCUT2D eigenvalue weighted by molar-refractivity contribution is -0.112. The second-order valence-corrected chi connectivity index (χ2v) is 9.98. The fraction of sp³-hybridized carbons (Fsp3) is 0. The molecule has 0 saturated heterocycles. The summed E-state index contributed by atoms with van der Waals surface area (Å²) in [4.78, 5) is 12.6. The number of nitriles is 1. The lowest BCUT2D eigenvalue weighted by Crippen LogP contribution is -2.14. The molecule has 0 bridgehead atoms. The lowest BCUT2D eigenvalue weighted by atomic mass is 10.1. The minimum absolute atomic E-state index is 0.0401. The Morgan fingerprint density at radius 3 is 2.38 bits per heavy atom. The van der Waals surface area contributed by atoms with Crippen LogP contribution in [-0.4, -0.2) is 14.3 Å². The highest BCUT2D eigenvalue weighted by molar-refractivity contribution is 9.11. The van der Waals surface area contributed by atoms with Crippen LogP contribution in [0.4, 0.5) is 5.69 Å². The van der Waals surface area contributed by atoms with Crippen LogP contribution in [0.3, 0.4) is 0 Å². The van der Waals surface area contributed by atoms with Crippen LogP contribution in [0.1, 0.15) is 5.56 Å². The molecule has 162 valence electrons. The second kappa shape index (κ2) is 10.3. The first-order valence-corrected chi connectivity index (χ1v) is 12.2. The zero-order chi connectivity index (χ0) is 23.3. The molecule has 6 nitrogen and oxygen atoms in total. The van der Waals surface area contributed by atoms with Crippen LogP contribution in [0.2, 0.25) is 5.02 Å². The Hall–Kier alpha value is -2.64. The Morgan fingerprint density at radius 1 is 1.06 bits per heavy atom. The molecule has 0 aliphatic heterocycles. The molecule has 0 aliphatic carbocycles. The summed E-state index contributed by atoms with van der Waals surface area (Å²) in [5.74, 6) is -0.788. The van der Waals surface area contributed by atoms with Gasteiger partial charge in [0.25, 0.3) is 5.91 Å². The number of anilines is 1. The molecule has 0 unspecified atom stereocenters. The van der Waals surface area contributed by atoms with E-state index in [-0.39, 0.29) is 21.8 Å². The number of benzene rings is 3. The number of para-hydroxylation sites is 1. The van der Waals surface area contributed by atoms with Gasteiger partial charge in [0.2, 0.25) is 0 Å². The van der Waals surface area contributed by atoms with Crippen LogP contribution in [0, 0.1) is 11.3 Å². The molecule has 0 heterocycles. The molecule has 0 aromatic heterocycles. The number of carbonyl (C=O) groups is 1. The summed E-state index contributed by atoms with van der Waals surface area (Å²) in [6, 6.07) is 19.1. The highest BCUT2D eigenvalue weighted by Crippen LogP contribution is 2.36. The summed E-state index contributed by atoms with van der Waals surface area (Å²) >= 11 is 12.7. The number of amides is 1. The number of rotatable bonds is 6. The molecule has 0 fully saturated rings. The molecule has 0 atom stereocenters. The van der Waals surface area contributed by atoms with Crippen molar-refractivity contribution >= 4 is 71.2 Å². The van der Waals surface area contributed by atoms with Gasteiger partial charge in [-0.2, -0.15) is 13.7 Å². The van der Waals surface area contributed by atoms with E-state index in [1.165, 1.54) is 24.3 Å². The Morgan fingerprint density at radius 2 is 1.72 bits per heavy atom. The summed E-state index contributed by atoms with van der Waals surface area (Å²) in [6.45, 7) is 0. The number of hydrogen-bond donors (Lipinski definition) is 1. The summed E-state index contributed by atoms with van der Waals surface area (Å²) in [5, 5.41) is 12.4. The van der Waals surface area contributed by atoms with Crippen LogP contribution in [-0.2, 0) is 14.9 Å². The largest absolute Gasteiger partial charge is 0.377 e. The van der Waals surface area contributed by atoms with Gasteiger partial charge >= 0.3 is 10.1 Å². The minimum Gasteiger partial charge on any atom is -0.377 e. The van der Waals surface area contributed by atoms with Crippen molar-refractivity contribution in [1.29, 1.82) is 5.26 Å². The number of nitrogens with zero attached hydrogens (tertiary/aromatic N) is 1. The first-order valence-electron chi connectivity index (χ1n) is 8.87. The molecule has 10 heteroatoms. The molecule has 3 aromatic carbocycles. The quantitative estimate of drug-likeness (QED) is 0.208. The zero-order valence-electron chi connectivity index (χ0n) is 16.1. The summed E-state index contributed by atoms with van der Waals surface area (Å²) in [7, 11) is -4.16. The Balaban J connectivity index is 2.01. The number of halogens is 3. The maximum atomic E-state index is 12.7. The second-order valence-electron chi connectivity index (χ2n) is 6.26. The molecule has 32 heavy (non-hydrogen) atoms. The molecular formula is C22H13Br2ClN2O4S. The third kappa shape index (κ3) is 5.78. The maximum absolute atomic E-state index is 12.7. The van der Waals surface area contributed by atoms with Crippen molar-refractivity contribution in [3.63, 3.8) is 0 Å². The molecular weight excluding hydrogens is 584 g/mol. The standard InChI is InChI=1S/C22H13Br2ClN2O4S/c23-16-11-14(10-15(13-26)22(28)27-20-9-5-4-8-19(20)25)21(18(24)12-16)31-32(29,30)17-6-2-1-3-7-17/h1-12H,(H,27,28)/b15-10+. The molecule has 1 amide bonds. The van der Waals surface area contributed by atoms with Crippen molar-refractivity contribution < 1.29 is 17.4 Å². The van der Waals surface area contributed by atoms with Gasteiger partial charge < -0.3 is 9.50 Å². The SMILES string of the molecule is N#C/C(=C\c1cc(Br)cc(Br)c1OS(=O)(=O)c1ccccc1)C(=O)Nc1ccccc1Cl. The smallest absolute Gasteiger partial charge is 0.339 e. The highest BCUT2D eigenvalue weighted by atomic mass is 79.9. The van der Waals surface area contributed by atoms with Crippen LogP contribution in [0.25, 0.3) is 6.08 Å². The summed E-state index contributed by atoms with van der Waals surface area (Å²) in [6.07, 6.45) is 1.23. The summed E-state index contributed by atoms with van der Waals surface area (Å²) < 4.78 is 31.7. The number of carbonyl (C=O) groups excluding carboxylic acids is 1. The van der Waals surface area contributed by atoms with Crippen LogP contribution < -0.4 is 9.50 Å². The van der Waals surface area contributed by atoms with Gasteiger partial charge in [-0.15, -0.1) is 0 Å². The molecule has 0 saturated carbocycles. The molecule has 1 N–H and O–H groups in total. The van der Waals surface area contributed by atoms with E-state index < -0.39 is 16.0 Å². The van der Waals surface area contributed by atoms with E-state index in [1.54, 1.807) is 48.5 Å². The van der Waals surface area contributed by atoms with Gasteiger partial charge in [-0.25, -0.2) is 0 Å². The minimum atomic E-state index is -4.16. The fourth-order valence-corrected chi connectivity index (χ4v) is 5.20. The van der Waals surface area contributed by atoms with Crippen molar-refractivity contribution in [3.05, 3.63) is 91.8 Å². The van der Waals surface area contributed by atoms with Crippen molar-refractivity contribution in [1.82, 2.24) is 0 Å². The Labute approximate surface area is 206 Å². The number of hydrogen-bond acceptors (Lipinski definition) is 5. The van der Waals surface area contributed by atoms with Gasteiger partial charge in [0.15, 0.2) is 5.75 Å². The van der Waals surface area contributed by atoms with E-state index in [2.05, 4.69) is 37.2 Å². The van der Waals surface area contributed by atoms with Crippen molar-refractivity contribution in [2.45, 2.75) is 4.90 Å². The first-order chi connectivity index (χ1) is 15.2. The van der Waals surface area contributed by atoms with E-state index >= 15 is 0 Å². The van der Waals surface area contributed by atoms with Gasteiger partial charge in [-0.1, -0.05) is 57.9 Å². The zero-order valence-corrected chi connectivity index (χ0v) is 20.8.